The Balaban J connectivity index is 2.88. The van der Waals surface area contributed by atoms with Crippen molar-refractivity contribution >= 4 is 12.0 Å². The van der Waals surface area contributed by atoms with E-state index in [1.807, 2.05) is 6.07 Å². The smallest absolute Gasteiger partial charge is 0.153 e. The summed E-state index contributed by atoms with van der Waals surface area (Å²) < 4.78 is 6.12. The highest BCUT2D eigenvalue weighted by Crippen LogP contribution is 2.27. The van der Waals surface area contributed by atoms with E-state index < -0.39 is 0 Å². The first-order chi connectivity index (χ1) is 12.7. The van der Waals surface area contributed by atoms with Gasteiger partial charge in [-0.05, 0) is 37.3 Å². The molecule has 0 N–H and O–H groups in total. The van der Waals surface area contributed by atoms with Crippen LogP contribution in [0.1, 0.15) is 89.4 Å². The molecule has 1 unspecified atom stereocenters. The number of aldehydes is 1. The highest BCUT2D eigenvalue weighted by atomic mass is 16.5. The Labute approximate surface area is 161 Å². The first-order valence-electron chi connectivity index (χ1n) is 10.7. The van der Waals surface area contributed by atoms with Crippen molar-refractivity contribution in [3.63, 3.8) is 0 Å². The molecule has 0 heterocycles. The maximum atomic E-state index is 11.4. The Bertz CT molecular complexity index is 493. The first-order valence-corrected chi connectivity index (χ1v) is 10.7. The SMILES string of the molecule is CCCCC(CC)COc1cc(N(CCCC)CCCC)ccc1C=O. The van der Waals surface area contributed by atoms with Crippen LogP contribution in [0.3, 0.4) is 0 Å². The number of hydrogen-bond acceptors (Lipinski definition) is 3. The van der Waals surface area contributed by atoms with Crippen molar-refractivity contribution in [1.29, 1.82) is 0 Å². The van der Waals surface area contributed by atoms with Crippen LogP contribution in [0.25, 0.3) is 0 Å². The predicted octanol–water partition coefficient (Wildman–Crippen LogP) is 6.50. The molecule has 148 valence electrons. The first kappa shape index (κ1) is 22.5. The van der Waals surface area contributed by atoms with Gasteiger partial charge in [-0.2, -0.15) is 0 Å². The fourth-order valence-corrected chi connectivity index (χ4v) is 3.12. The normalized spacial score (nSPS) is 12.0. The quantitative estimate of drug-likeness (QED) is 0.334. The van der Waals surface area contributed by atoms with Crippen LogP contribution in [-0.4, -0.2) is 26.0 Å². The molecular formula is C23H39NO2. The molecule has 1 aromatic rings. The monoisotopic (exact) mass is 361 g/mol. The number of carbonyl (C=O) groups excluding carboxylic acids is 1. The number of benzene rings is 1. The summed E-state index contributed by atoms with van der Waals surface area (Å²) in [5.74, 6) is 1.31. The van der Waals surface area contributed by atoms with Gasteiger partial charge >= 0.3 is 0 Å². The molecule has 3 nitrogen and oxygen atoms in total. The number of carbonyl (C=O) groups is 1. The molecule has 0 amide bonds. The molecule has 0 saturated heterocycles. The Morgan fingerprint density at radius 1 is 1.00 bits per heavy atom. The minimum absolute atomic E-state index is 0.564. The molecule has 0 aliphatic carbocycles. The summed E-state index contributed by atoms with van der Waals surface area (Å²) >= 11 is 0. The molecule has 0 bridgehead atoms. The maximum absolute atomic E-state index is 11.4. The van der Waals surface area contributed by atoms with Crippen molar-refractivity contribution in [2.45, 2.75) is 79.1 Å². The second-order valence-corrected chi connectivity index (χ2v) is 7.26. The molecule has 1 aromatic carbocycles. The van der Waals surface area contributed by atoms with Gasteiger partial charge in [0, 0.05) is 24.8 Å². The van der Waals surface area contributed by atoms with Gasteiger partial charge in [-0.3, -0.25) is 4.79 Å². The highest BCUT2D eigenvalue weighted by Gasteiger charge is 2.13. The molecule has 1 rings (SSSR count). The zero-order valence-corrected chi connectivity index (χ0v) is 17.4. The van der Waals surface area contributed by atoms with Gasteiger partial charge in [0.1, 0.15) is 5.75 Å². The fraction of sp³-hybridized carbons (Fsp3) is 0.696. The summed E-state index contributed by atoms with van der Waals surface area (Å²) in [5.41, 5.74) is 1.83. The number of anilines is 1. The van der Waals surface area contributed by atoms with Crippen LogP contribution in [0.15, 0.2) is 18.2 Å². The second-order valence-electron chi connectivity index (χ2n) is 7.26. The topological polar surface area (TPSA) is 29.5 Å². The summed E-state index contributed by atoms with van der Waals surface area (Å²) in [7, 11) is 0. The summed E-state index contributed by atoms with van der Waals surface area (Å²) in [6.07, 6.45) is 10.4. The number of rotatable bonds is 15. The van der Waals surface area contributed by atoms with Crippen LogP contribution in [-0.2, 0) is 0 Å². The van der Waals surface area contributed by atoms with Gasteiger partial charge in [0.15, 0.2) is 6.29 Å². The van der Waals surface area contributed by atoms with Crippen molar-refractivity contribution in [2.24, 2.45) is 5.92 Å². The summed E-state index contributed by atoms with van der Waals surface area (Å²) in [6.45, 7) is 11.7. The average Bonchev–Trinajstić information content (AvgIpc) is 2.68. The van der Waals surface area contributed by atoms with E-state index in [4.69, 9.17) is 4.74 Å². The largest absolute Gasteiger partial charge is 0.492 e. The number of unbranched alkanes of at least 4 members (excludes halogenated alkanes) is 3. The third kappa shape index (κ3) is 7.80. The van der Waals surface area contributed by atoms with Gasteiger partial charge in [0.05, 0.1) is 12.2 Å². The Hall–Kier alpha value is -1.51. The van der Waals surface area contributed by atoms with Crippen molar-refractivity contribution in [3.05, 3.63) is 23.8 Å². The van der Waals surface area contributed by atoms with Gasteiger partial charge in [-0.25, -0.2) is 0 Å². The minimum Gasteiger partial charge on any atom is -0.492 e. The average molecular weight is 362 g/mol. The van der Waals surface area contributed by atoms with Crippen LogP contribution < -0.4 is 9.64 Å². The van der Waals surface area contributed by atoms with E-state index >= 15 is 0 Å². The molecule has 0 radical (unpaired) electrons. The highest BCUT2D eigenvalue weighted by molar-refractivity contribution is 5.80. The van der Waals surface area contributed by atoms with Crippen molar-refractivity contribution in [2.75, 3.05) is 24.6 Å². The zero-order valence-electron chi connectivity index (χ0n) is 17.4. The Kier molecular flexibility index (Phi) is 11.8. The third-order valence-electron chi connectivity index (χ3n) is 5.07. The minimum atomic E-state index is 0.564. The maximum Gasteiger partial charge on any atom is 0.153 e. The summed E-state index contributed by atoms with van der Waals surface area (Å²) in [5, 5.41) is 0. The van der Waals surface area contributed by atoms with E-state index in [0.717, 1.165) is 31.5 Å². The number of ether oxygens (including phenoxy) is 1. The van der Waals surface area contributed by atoms with Crippen molar-refractivity contribution in [3.8, 4) is 5.75 Å². The van der Waals surface area contributed by atoms with Crippen LogP contribution in [0, 0.1) is 5.92 Å². The van der Waals surface area contributed by atoms with Gasteiger partial charge in [0.2, 0.25) is 0 Å². The molecule has 0 fully saturated rings. The van der Waals surface area contributed by atoms with Crippen LogP contribution in [0.5, 0.6) is 5.75 Å². The lowest BCUT2D eigenvalue weighted by molar-refractivity contribution is 0.111. The molecule has 0 aromatic heterocycles. The lowest BCUT2D eigenvalue weighted by Gasteiger charge is -2.26. The molecule has 0 saturated carbocycles. The lowest BCUT2D eigenvalue weighted by Crippen LogP contribution is -2.25. The van der Waals surface area contributed by atoms with Crippen molar-refractivity contribution in [1.82, 2.24) is 0 Å². The summed E-state index contributed by atoms with van der Waals surface area (Å²) in [6, 6.07) is 6.05. The van der Waals surface area contributed by atoms with Gasteiger partial charge in [-0.1, -0.05) is 59.8 Å². The molecule has 26 heavy (non-hydrogen) atoms. The van der Waals surface area contributed by atoms with Crippen LogP contribution in [0.2, 0.25) is 0 Å². The van der Waals surface area contributed by atoms with Gasteiger partial charge in [0.25, 0.3) is 0 Å². The molecule has 0 spiro atoms. The predicted molar refractivity (Wildman–Crippen MR) is 113 cm³/mol. The van der Waals surface area contributed by atoms with E-state index in [0.29, 0.717) is 18.1 Å². The van der Waals surface area contributed by atoms with Crippen molar-refractivity contribution < 1.29 is 9.53 Å². The zero-order chi connectivity index (χ0) is 19.2. The van der Waals surface area contributed by atoms with E-state index in [1.54, 1.807) is 0 Å². The van der Waals surface area contributed by atoms with E-state index in [-0.39, 0.29) is 0 Å². The van der Waals surface area contributed by atoms with Gasteiger partial charge in [-0.15, -0.1) is 0 Å². The van der Waals surface area contributed by atoms with Gasteiger partial charge < -0.3 is 9.64 Å². The Morgan fingerprint density at radius 2 is 1.65 bits per heavy atom. The Morgan fingerprint density at radius 3 is 2.19 bits per heavy atom. The summed E-state index contributed by atoms with van der Waals surface area (Å²) in [4.78, 5) is 13.9. The number of nitrogens with zero attached hydrogens (tertiary/aromatic N) is 1. The third-order valence-corrected chi connectivity index (χ3v) is 5.07. The van der Waals surface area contributed by atoms with Crippen LogP contribution >= 0.6 is 0 Å². The van der Waals surface area contributed by atoms with E-state index in [1.165, 1.54) is 50.6 Å². The number of hydrogen-bond donors (Lipinski definition) is 0. The van der Waals surface area contributed by atoms with E-state index in [2.05, 4.69) is 44.7 Å². The standard InChI is InChI=1S/C23H39NO2/c1-5-9-12-20(8-4)19-26-23-17-22(14-13-21(23)18-25)24(15-10-6-2)16-11-7-3/h13-14,17-18,20H,5-12,15-16,19H2,1-4H3. The molecule has 1 atom stereocenters. The second kappa shape index (κ2) is 13.7. The molecule has 0 aliphatic heterocycles. The van der Waals surface area contributed by atoms with E-state index in [9.17, 15) is 4.79 Å². The molecular weight excluding hydrogens is 322 g/mol. The lowest BCUT2D eigenvalue weighted by atomic mass is 10.0. The van der Waals surface area contributed by atoms with Crippen LogP contribution in [0.4, 0.5) is 5.69 Å². The molecule has 0 aliphatic rings. The fourth-order valence-electron chi connectivity index (χ4n) is 3.12. The molecule has 3 heteroatoms.